The van der Waals surface area contributed by atoms with Crippen molar-refractivity contribution >= 4 is 15.8 Å². The molecular formula is C14H27NO4S. The summed E-state index contributed by atoms with van der Waals surface area (Å²) in [5.41, 5.74) is -0.658. The van der Waals surface area contributed by atoms with E-state index in [0.29, 0.717) is 12.3 Å². The van der Waals surface area contributed by atoms with Gasteiger partial charge in [0, 0.05) is 6.04 Å². The highest BCUT2D eigenvalue weighted by Gasteiger charge is 2.38. The molecule has 0 aliphatic heterocycles. The van der Waals surface area contributed by atoms with Gasteiger partial charge in [-0.05, 0) is 53.0 Å². The topological polar surface area (TPSA) is 72.5 Å². The lowest BCUT2D eigenvalue weighted by atomic mass is 9.87. The van der Waals surface area contributed by atoms with Crippen LogP contribution in [0.3, 0.4) is 0 Å². The zero-order valence-electron chi connectivity index (χ0n) is 13.1. The maximum absolute atomic E-state index is 12.5. The molecule has 3 unspecified atom stereocenters. The molecule has 1 saturated carbocycles. The lowest BCUT2D eigenvalue weighted by Gasteiger charge is -2.34. The van der Waals surface area contributed by atoms with Gasteiger partial charge in [-0.15, -0.1) is 0 Å². The Kier molecular flexibility index (Phi) is 5.61. The van der Waals surface area contributed by atoms with Crippen LogP contribution in [-0.4, -0.2) is 44.1 Å². The van der Waals surface area contributed by atoms with Gasteiger partial charge in [-0.1, -0.05) is 6.92 Å². The van der Waals surface area contributed by atoms with Crippen molar-refractivity contribution in [1.82, 2.24) is 5.32 Å². The summed E-state index contributed by atoms with van der Waals surface area (Å²) < 4.78 is 30.0. The van der Waals surface area contributed by atoms with Crippen LogP contribution < -0.4 is 5.32 Å². The fourth-order valence-electron chi connectivity index (χ4n) is 2.70. The van der Waals surface area contributed by atoms with Crippen molar-refractivity contribution in [1.29, 1.82) is 0 Å². The first kappa shape index (κ1) is 17.4. The Bertz CT molecular complexity index is 439. The molecule has 0 aromatic carbocycles. The van der Waals surface area contributed by atoms with Crippen molar-refractivity contribution in [2.75, 3.05) is 12.8 Å². The van der Waals surface area contributed by atoms with E-state index in [1.165, 1.54) is 0 Å². The quantitative estimate of drug-likeness (QED) is 0.797. The first-order valence-corrected chi connectivity index (χ1v) is 8.87. The summed E-state index contributed by atoms with van der Waals surface area (Å²) in [5.74, 6) is -0.816. The molecule has 1 aliphatic rings. The molecule has 1 fully saturated rings. The number of rotatable bonds is 4. The number of carbonyl (C=O) groups is 1. The highest BCUT2D eigenvalue weighted by atomic mass is 32.2. The van der Waals surface area contributed by atoms with Crippen molar-refractivity contribution in [3.63, 3.8) is 0 Å². The molecule has 1 N–H and O–H groups in total. The minimum atomic E-state index is -3.49. The molecule has 0 radical (unpaired) electrons. The average Bonchev–Trinajstić information content (AvgIpc) is 2.25. The van der Waals surface area contributed by atoms with E-state index in [1.54, 1.807) is 27.8 Å². The Hall–Kier alpha value is -0.620. The van der Waals surface area contributed by atoms with Crippen molar-refractivity contribution < 1.29 is 17.9 Å². The summed E-state index contributed by atoms with van der Waals surface area (Å²) in [6.45, 7) is 7.26. The SMILES string of the molecule is CNC1CCC(C)CC1S(=O)(=O)CC(=O)OC(C)(C)C. The first-order chi connectivity index (χ1) is 9.05. The summed E-state index contributed by atoms with van der Waals surface area (Å²) in [7, 11) is -1.71. The maximum atomic E-state index is 12.5. The van der Waals surface area contributed by atoms with Gasteiger partial charge in [0.15, 0.2) is 9.84 Å². The summed E-state index contributed by atoms with van der Waals surface area (Å²) in [4.78, 5) is 11.8. The zero-order chi connectivity index (χ0) is 15.6. The van der Waals surface area contributed by atoms with E-state index in [-0.39, 0.29) is 6.04 Å². The predicted octanol–water partition coefficient (Wildman–Crippen LogP) is 1.52. The summed E-state index contributed by atoms with van der Waals surface area (Å²) >= 11 is 0. The van der Waals surface area contributed by atoms with E-state index < -0.39 is 32.4 Å². The molecule has 118 valence electrons. The lowest BCUT2D eigenvalue weighted by molar-refractivity contribution is -0.151. The molecule has 0 spiro atoms. The van der Waals surface area contributed by atoms with Crippen LogP contribution >= 0.6 is 0 Å². The van der Waals surface area contributed by atoms with Crippen LogP contribution in [0.15, 0.2) is 0 Å². The Morgan fingerprint density at radius 2 is 1.90 bits per heavy atom. The molecular weight excluding hydrogens is 278 g/mol. The number of sulfone groups is 1. The van der Waals surface area contributed by atoms with E-state index in [1.807, 2.05) is 0 Å². The first-order valence-electron chi connectivity index (χ1n) is 7.16. The van der Waals surface area contributed by atoms with Crippen LogP contribution in [0, 0.1) is 5.92 Å². The second-order valence-corrected chi connectivity index (χ2v) is 8.97. The molecule has 5 nitrogen and oxygen atoms in total. The van der Waals surface area contributed by atoms with Crippen molar-refractivity contribution in [3.8, 4) is 0 Å². The van der Waals surface area contributed by atoms with E-state index in [4.69, 9.17) is 4.74 Å². The van der Waals surface area contributed by atoms with Crippen LogP contribution in [0.2, 0.25) is 0 Å². The Morgan fingerprint density at radius 1 is 1.30 bits per heavy atom. The molecule has 1 aliphatic carbocycles. The van der Waals surface area contributed by atoms with Crippen LogP contribution in [0.25, 0.3) is 0 Å². The molecule has 0 aromatic rings. The summed E-state index contributed by atoms with van der Waals surface area (Å²) in [5, 5.41) is 2.57. The Morgan fingerprint density at radius 3 is 2.40 bits per heavy atom. The fraction of sp³-hybridized carbons (Fsp3) is 0.929. The number of hydrogen-bond acceptors (Lipinski definition) is 5. The molecule has 3 atom stereocenters. The van der Waals surface area contributed by atoms with Crippen molar-refractivity contribution in [2.24, 2.45) is 5.92 Å². The van der Waals surface area contributed by atoms with Gasteiger partial charge < -0.3 is 10.1 Å². The fourth-order valence-corrected chi connectivity index (χ4v) is 4.69. The second kappa shape index (κ2) is 6.43. The van der Waals surface area contributed by atoms with Gasteiger partial charge in [0.2, 0.25) is 0 Å². The van der Waals surface area contributed by atoms with E-state index >= 15 is 0 Å². The predicted molar refractivity (Wildman–Crippen MR) is 79.3 cm³/mol. The lowest BCUT2D eigenvalue weighted by Crippen LogP contribution is -2.48. The molecule has 0 heterocycles. The summed E-state index contributed by atoms with van der Waals surface area (Å²) in [6, 6.07) is -0.0707. The second-order valence-electron chi connectivity index (χ2n) is 6.75. The third-order valence-electron chi connectivity index (χ3n) is 3.63. The van der Waals surface area contributed by atoms with Crippen LogP contribution in [0.4, 0.5) is 0 Å². The number of ether oxygens (including phenoxy) is 1. The monoisotopic (exact) mass is 305 g/mol. The van der Waals surface area contributed by atoms with E-state index in [9.17, 15) is 13.2 Å². The number of nitrogens with one attached hydrogen (secondary N) is 1. The van der Waals surface area contributed by atoms with Gasteiger partial charge >= 0.3 is 5.97 Å². The van der Waals surface area contributed by atoms with Gasteiger partial charge in [-0.3, -0.25) is 4.79 Å². The standard InChI is InChI=1S/C14H27NO4S/c1-10-6-7-11(15-5)12(8-10)20(17,18)9-13(16)19-14(2,3)4/h10-12,15H,6-9H2,1-5H3. The normalized spacial score (nSPS) is 28.1. The molecule has 0 aromatic heterocycles. The van der Waals surface area contributed by atoms with E-state index in [0.717, 1.165) is 12.8 Å². The van der Waals surface area contributed by atoms with Gasteiger partial charge in [-0.2, -0.15) is 0 Å². The molecule has 0 saturated heterocycles. The van der Waals surface area contributed by atoms with Gasteiger partial charge in [-0.25, -0.2) is 8.42 Å². The van der Waals surface area contributed by atoms with Gasteiger partial charge in [0.1, 0.15) is 11.4 Å². The minimum absolute atomic E-state index is 0.0707. The Labute approximate surface area is 122 Å². The molecule has 0 bridgehead atoms. The van der Waals surface area contributed by atoms with E-state index in [2.05, 4.69) is 12.2 Å². The molecule has 0 amide bonds. The Balaban J connectivity index is 2.78. The minimum Gasteiger partial charge on any atom is -0.459 e. The number of carbonyl (C=O) groups excluding carboxylic acids is 1. The molecule has 20 heavy (non-hydrogen) atoms. The number of hydrogen-bond donors (Lipinski definition) is 1. The smallest absolute Gasteiger partial charge is 0.321 e. The van der Waals surface area contributed by atoms with Gasteiger partial charge in [0.25, 0.3) is 0 Å². The average molecular weight is 305 g/mol. The largest absolute Gasteiger partial charge is 0.459 e. The number of esters is 1. The summed E-state index contributed by atoms with van der Waals surface area (Å²) in [6.07, 6.45) is 2.45. The molecule has 1 rings (SSSR count). The van der Waals surface area contributed by atoms with Crippen molar-refractivity contribution in [3.05, 3.63) is 0 Å². The van der Waals surface area contributed by atoms with Crippen molar-refractivity contribution in [2.45, 2.75) is 63.9 Å². The third-order valence-corrected chi connectivity index (χ3v) is 5.71. The highest BCUT2D eigenvalue weighted by molar-refractivity contribution is 7.92. The highest BCUT2D eigenvalue weighted by Crippen LogP contribution is 2.29. The van der Waals surface area contributed by atoms with Crippen LogP contribution in [0.1, 0.15) is 47.0 Å². The zero-order valence-corrected chi connectivity index (χ0v) is 13.9. The van der Waals surface area contributed by atoms with Gasteiger partial charge in [0.05, 0.1) is 5.25 Å². The third kappa shape index (κ3) is 5.05. The van der Waals surface area contributed by atoms with Crippen LogP contribution in [0.5, 0.6) is 0 Å². The van der Waals surface area contributed by atoms with Crippen LogP contribution in [-0.2, 0) is 19.4 Å². The molecule has 6 heteroatoms. The maximum Gasteiger partial charge on any atom is 0.321 e.